The molecule has 1 aliphatic carbocycles. The zero-order valence-corrected chi connectivity index (χ0v) is 6.41. The molecule has 0 fully saturated rings. The number of rotatable bonds is 0. The third-order valence-electron chi connectivity index (χ3n) is 2.20. The van der Waals surface area contributed by atoms with Crippen LogP contribution in [-0.2, 0) is 0 Å². The van der Waals surface area contributed by atoms with Gasteiger partial charge in [0, 0.05) is 0 Å². The van der Waals surface area contributed by atoms with E-state index in [0.29, 0.717) is 6.42 Å². The first-order chi connectivity index (χ1) is 4.96. The van der Waals surface area contributed by atoms with E-state index in [1.54, 1.807) is 6.08 Å². The summed E-state index contributed by atoms with van der Waals surface area (Å²) in [5, 5.41) is 0. The summed E-state index contributed by atoms with van der Waals surface area (Å²) in [5.74, 6) is 0. The van der Waals surface area contributed by atoms with Gasteiger partial charge in [0.15, 0.2) is 0 Å². The Morgan fingerprint density at radius 1 is 1.36 bits per heavy atom. The minimum absolute atomic E-state index is 0.229. The Bertz CT molecular complexity index is 169. The Labute approximate surface area is 64.1 Å². The van der Waals surface area contributed by atoms with Crippen LogP contribution in [0.3, 0.4) is 0 Å². The molecule has 64 valence electrons. The highest BCUT2D eigenvalue weighted by Crippen LogP contribution is 2.44. The lowest BCUT2D eigenvalue weighted by atomic mass is 9.80. The van der Waals surface area contributed by atoms with Crippen LogP contribution in [0.4, 0.5) is 13.2 Å². The van der Waals surface area contributed by atoms with E-state index in [4.69, 9.17) is 0 Å². The summed E-state index contributed by atoms with van der Waals surface area (Å²) in [5.41, 5.74) is -1.56. The van der Waals surface area contributed by atoms with Crippen LogP contribution in [0.1, 0.15) is 26.2 Å². The van der Waals surface area contributed by atoms with E-state index in [-0.39, 0.29) is 6.42 Å². The van der Waals surface area contributed by atoms with Crippen molar-refractivity contribution in [1.82, 2.24) is 0 Å². The summed E-state index contributed by atoms with van der Waals surface area (Å²) in [4.78, 5) is 0. The van der Waals surface area contributed by atoms with Crippen molar-refractivity contribution >= 4 is 0 Å². The van der Waals surface area contributed by atoms with Gasteiger partial charge in [0.05, 0.1) is 5.41 Å². The average Bonchev–Trinajstić information content (AvgIpc) is 1.87. The second-order valence-electron chi connectivity index (χ2n) is 3.21. The highest BCUT2D eigenvalue weighted by molar-refractivity contribution is 5.04. The number of hydrogen-bond donors (Lipinski definition) is 0. The molecule has 0 aromatic heterocycles. The van der Waals surface area contributed by atoms with Gasteiger partial charge < -0.3 is 0 Å². The van der Waals surface area contributed by atoms with Crippen LogP contribution in [0.25, 0.3) is 0 Å². The summed E-state index contributed by atoms with van der Waals surface area (Å²) < 4.78 is 36.8. The van der Waals surface area contributed by atoms with Gasteiger partial charge in [0.25, 0.3) is 0 Å². The Balaban J connectivity index is 2.80. The van der Waals surface area contributed by atoms with Crippen molar-refractivity contribution in [3.05, 3.63) is 12.2 Å². The van der Waals surface area contributed by atoms with Crippen molar-refractivity contribution in [3.8, 4) is 0 Å². The van der Waals surface area contributed by atoms with Crippen molar-refractivity contribution in [3.63, 3.8) is 0 Å². The van der Waals surface area contributed by atoms with Crippen LogP contribution < -0.4 is 0 Å². The highest BCUT2D eigenvalue weighted by Gasteiger charge is 2.49. The minimum atomic E-state index is -4.08. The van der Waals surface area contributed by atoms with E-state index >= 15 is 0 Å². The third kappa shape index (κ3) is 1.57. The van der Waals surface area contributed by atoms with Crippen LogP contribution in [-0.4, -0.2) is 6.18 Å². The molecule has 3 heteroatoms. The van der Waals surface area contributed by atoms with Crippen LogP contribution in [0.5, 0.6) is 0 Å². The molecule has 0 saturated carbocycles. The lowest BCUT2D eigenvalue weighted by Crippen LogP contribution is -2.34. The van der Waals surface area contributed by atoms with Crippen LogP contribution in [0.15, 0.2) is 12.2 Å². The monoisotopic (exact) mass is 164 g/mol. The van der Waals surface area contributed by atoms with Gasteiger partial charge in [-0.1, -0.05) is 12.2 Å². The molecule has 0 aliphatic heterocycles. The zero-order valence-electron chi connectivity index (χ0n) is 6.41. The fourth-order valence-corrected chi connectivity index (χ4v) is 1.25. The van der Waals surface area contributed by atoms with Crippen molar-refractivity contribution in [2.45, 2.75) is 32.4 Å². The Morgan fingerprint density at radius 3 is 2.27 bits per heavy atom. The van der Waals surface area contributed by atoms with Gasteiger partial charge in [-0.3, -0.25) is 0 Å². The SMILES string of the molecule is C[C@@]1(C(F)(F)F)C=CCCC1. The van der Waals surface area contributed by atoms with E-state index in [1.165, 1.54) is 13.0 Å². The summed E-state index contributed by atoms with van der Waals surface area (Å²) in [6, 6.07) is 0. The molecule has 1 aliphatic rings. The molecule has 0 aromatic rings. The molecule has 0 bridgehead atoms. The van der Waals surface area contributed by atoms with Crippen molar-refractivity contribution in [2.24, 2.45) is 5.41 Å². The van der Waals surface area contributed by atoms with Crippen molar-refractivity contribution < 1.29 is 13.2 Å². The first-order valence-electron chi connectivity index (χ1n) is 3.70. The van der Waals surface area contributed by atoms with E-state index in [0.717, 1.165) is 6.42 Å². The van der Waals surface area contributed by atoms with Gasteiger partial charge >= 0.3 is 6.18 Å². The topological polar surface area (TPSA) is 0 Å². The summed E-state index contributed by atoms with van der Waals surface area (Å²) in [6.07, 6.45) is 0.489. The third-order valence-corrected chi connectivity index (χ3v) is 2.20. The maximum absolute atomic E-state index is 12.3. The lowest BCUT2D eigenvalue weighted by molar-refractivity contribution is -0.203. The average molecular weight is 164 g/mol. The smallest absolute Gasteiger partial charge is 0.170 e. The van der Waals surface area contributed by atoms with Gasteiger partial charge in [0.1, 0.15) is 0 Å². The molecule has 11 heavy (non-hydrogen) atoms. The second-order valence-corrected chi connectivity index (χ2v) is 3.21. The Morgan fingerprint density at radius 2 is 2.00 bits per heavy atom. The number of halogens is 3. The molecule has 0 amide bonds. The summed E-state index contributed by atoms with van der Waals surface area (Å²) >= 11 is 0. The first kappa shape index (κ1) is 8.62. The number of allylic oxidation sites excluding steroid dienone is 2. The van der Waals surface area contributed by atoms with Crippen LogP contribution in [0.2, 0.25) is 0 Å². The quantitative estimate of drug-likeness (QED) is 0.482. The molecule has 0 saturated heterocycles. The fourth-order valence-electron chi connectivity index (χ4n) is 1.25. The lowest BCUT2D eigenvalue weighted by Gasteiger charge is -2.31. The normalized spacial score (nSPS) is 32.4. The summed E-state index contributed by atoms with van der Waals surface area (Å²) in [7, 11) is 0. The number of hydrogen-bond acceptors (Lipinski definition) is 0. The van der Waals surface area contributed by atoms with Gasteiger partial charge in [-0.05, 0) is 26.2 Å². The molecule has 0 spiro atoms. The van der Waals surface area contributed by atoms with E-state index in [2.05, 4.69) is 0 Å². The molecular formula is C8H11F3. The molecule has 0 nitrogen and oxygen atoms in total. The molecule has 0 unspecified atom stereocenters. The minimum Gasteiger partial charge on any atom is -0.170 e. The van der Waals surface area contributed by atoms with Crippen LogP contribution >= 0.6 is 0 Å². The molecule has 0 aromatic carbocycles. The molecule has 0 N–H and O–H groups in total. The predicted molar refractivity (Wildman–Crippen MR) is 37.2 cm³/mol. The number of alkyl halides is 3. The maximum atomic E-state index is 12.3. The van der Waals surface area contributed by atoms with Crippen molar-refractivity contribution in [1.29, 1.82) is 0 Å². The molecule has 0 radical (unpaired) electrons. The Kier molecular flexibility index (Phi) is 1.99. The Hall–Kier alpha value is -0.470. The largest absolute Gasteiger partial charge is 0.397 e. The van der Waals surface area contributed by atoms with E-state index < -0.39 is 11.6 Å². The van der Waals surface area contributed by atoms with E-state index in [9.17, 15) is 13.2 Å². The van der Waals surface area contributed by atoms with Gasteiger partial charge in [-0.25, -0.2) is 0 Å². The first-order valence-corrected chi connectivity index (χ1v) is 3.70. The zero-order chi connectivity index (χ0) is 8.54. The fraction of sp³-hybridized carbons (Fsp3) is 0.750. The molecule has 1 rings (SSSR count). The van der Waals surface area contributed by atoms with E-state index in [1.807, 2.05) is 0 Å². The summed E-state index contributed by atoms with van der Waals surface area (Å²) in [6.45, 7) is 1.25. The highest BCUT2D eigenvalue weighted by atomic mass is 19.4. The standard InChI is InChI=1S/C8H11F3/c1-7(8(9,10)11)5-3-2-4-6-7/h3,5H,2,4,6H2,1H3/t7-/m1/s1. The molecule has 1 atom stereocenters. The van der Waals surface area contributed by atoms with Crippen molar-refractivity contribution in [2.75, 3.05) is 0 Å². The predicted octanol–water partition coefficient (Wildman–Crippen LogP) is 3.30. The maximum Gasteiger partial charge on any atom is 0.397 e. The van der Waals surface area contributed by atoms with Gasteiger partial charge in [-0.2, -0.15) is 13.2 Å². The van der Waals surface area contributed by atoms with Gasteiger partial charge in [0.2, 0.25) is 0 Å². The molecular weight excluding hydrogens is 153 g/mol. The van der Waals surface area contributed by atoms with Crippen LogP contribution in [0, 0.1) is 5.41 Å². The molecule has 0 heterocycles. The van der Waals surface area contributed by atoms with Gasteiger partial charge in [-0.15, -0.1) is 0 Å². The second kappa shape index (κ2) is 2.54.